The molecule has 0 aromatic heterocycles. The molecule has 1 saturated heterocycles. The van der Waals surface area contributed by atoms with E-state index < -0.39 is 0 Å². The molecule has 0 radical (unpaired) electrons. The minimum Gasteiger partial charge on any atom is -0.508 e. The van der Waals surface area contributed by atoms with E-state index in [-0.39, 0.29) is 0 Å². The minimum absolute atomic E-state index is 0.339. The van der Waals surface area contributed by atoms with E-state index in [1.54, 1.807) is 12.1 Å². The number of piperazine rings is 1. The number of aryl methyl sites for hydroxylation is 1. The van der Waals surface area contributed by atoms with Crippen LogP contribution in [-0.4, -0.2) is 42.7 Å². The van der Waals surface area contributed by atoms with Crippen LogP contribution in [0.3, 0.4) is 0 Å². The Morgan fingerprint density at radius 2 is 1.48 bits per heavy atom. The molecule has 1 aliphatic rings. The molecule has 3 rings (SSSR count). The number of hydrogen-bond acceptors (Lipinski definition) is 3. The van der Waals surface area contributed by atoms with Crippen LogP contribution in [0.15, 0.2) is 54.6 Å². The number of rotatable bonds is 6. The van der Waals surface area contributed by atoms with E-state index in [4.69, 9.17) is 0 Å². The monoisotopic (exact) mass is 310 g/mol. The van der Waals surface area contributed by atoms with E-state index in [9.17, 15) is 5.11 Å². The molecule has 23 heavy (non-hydrogen) atoms. The summed E-state index contributed by atoms with van der Waals surface area (Å²) in [6, 6.07) is 18.3. The topological polar surface area (TPSA) is 26.7 Å². The van der Waals surface area contributed by atoms with Crippen molar-refractivity contribution in [3.63, 3.8) is 0 Å². The Hall–Kier alpha value is -2.00. The van der Waals surface area contributed by atoms with Crippen LogP contribution >= 0.6 is 0 Å². The van der Waals surface area contributed by atoms with Gasteiger partial charge in [-0.1, -0.05) is 30.3 Å². The van der Waals surface area contributed by atoms with Crippen molar-refractivity contribution in [2.24, 2.45) is 0 Å². The van der Waals surface area contributed by atoms with Crippen LogP contribution in [0.4, 0.5) is 5.69 Å². The molecule has 1 aliphatic heterocycles. The van der Waals surface area contributed by atoms with Crippen LogP contribution in [-0.2, 0) is 6.42 Å². The molecule has 0 spiro atoms. The molecule has 3 heteroatoms. The summed E-state index contributed by atoms with van der Waals surface area (Å²) < 4.78 is 0. The van der Waals surface area contributed by atoms with Crippen molar-refractivity contribution in [3.8, 4) is 5.75 Å². The molecule has 0 aliphatic carbocycles. The van der Waals surface area contributed by atoms with Crippen LogP contribution in [0.5, 0.6) is 5.75 Å². The zero-order valence-electron chi connectivity index (χ0n) is 13.7. The Labute approximate surface area is 139 Å². The van der Waals surface area contributed by atoms with Crippen molar-refractivity contribution < 1.29 is 5.11 Å². The number of phenolic OH excluding ortho intramolecular Hbond substituents is 1. The summed E-state index contributed by atoms with van der Waals surface area (Å²) in [5, 5.41) is 9.37. The highest BCUT2D eigenvalue weighted by atomic mass is 16.3. The fourth-order valence-corrected chi connectivity index (χ4v) is 3.20. The molecule has 3 nitrogen and oxygen atoms in total. The molecular weight excluding hydrogens is 284 g/mol. The van der Waals surface area contributed by atoms with Gasteiger partial charge in [0.05, 0.1) is 0 Å². The summed E-state index contributed by atoms with van der Waals surface area (Å²) in [5.41, 5.74) is 2.66. The number of anilines is 1. The fraction of sp³-hybridized carbons (Fsp3) is 0.400. The molecule has 0 saturated carbocycles. The lowest BCUT2D eigenvalue weighted by molar-refractivity contribution is 0.253. The maximum absolute atomic E-state index is 9.37. The molecule has 2 aromatic rings. The smallest absolute Gasteiger partial charge is 0.115 e. The maximum atomic E-state index is 9.37. The van der Waals surface area contributed by atoms with Gasteiger partial charge in [-0.05, 0) is 55.6 Å². The number of nitrogens with zero attached hydrogens (tertiary/aromatic N) is 2. The molecule has 2 aromatic carbocycles. The standard InChI is InChI=1S/C20H26N2O/c23-20-11-9-19(10-12-20)22-16-14-21(15-17-22)13-5-4-8-18-6-2-1-3-7-18/h1-3,6-7,9-12,23H,4-5,8,13-17H2. The van der Waals surface area contributed by atoms with Crippen LogP contribution < -0.4 is 4.90 Å². The summed E-state index contributed by atoms with van der Waals surface area (Å²) >= 11 is 0. The number of unbranched alkanes of at least 4 members (excludes halogenated alkanes) is 1. The Balaban J connectivity index is 1.35. The van der Waals surface area contributed by atoms with Gasteiger partial charge in [-0.3, -0.25) is 4.90 Å². The summed E-state index contributed by atoms with van der Waals surface area (Å²) in [6.45, 7) is 5.61. The highest BCUT2D eigenvalue weighted by molar-refractivity contribution is 5.49. The Morgan fingerprint density at radius 1 is 0.783 bits per heavy atom. The van der Waals surface area contributed by atoms with E-state index in [1.165, 1.54) is 37.1 Å². The second kappa shape index (κ2) is 8.02. The van der Waals surface area contributed by atoms with Crippen molar-refractivity contribution in [3.05, 3.63) is 60.2 Å². The largest absolute Gasteiger partial charge is 0.508 e. The summed E-state index contributed by atoms with van der Waals surface area (Å²) in [5.74, 6) is 0.339. The number of phenols is 1. The number of hydrogen-bond donors (Lipinski definition) is 1. The summed E-state index contributed by atoms with van der Waals surface area (Å²) in [7, 11) is 0. The van der Waals surface area contributed by atoms with E-state index >= 15 is 0 Å². The first kappa shape index (κ1) is 15.9. The first-order chi connectivity index (χ1) is 11.3. The highest BCUT2D eigenvalue weighted by Gasteiger charge is 2.16. The third kappa shape index (κ3) is 4.73. The van der Waals surface area contributed by atoms with E-state index in [0.29, 0.717) is 5.75 Å². The molecule has 1 heterocycles. The Kier molecular flexibility index (Phi) is 5.54. The predicted octanol–water partition coefficient (Wildman–Crippen LogP) is 3.54. The average Bonchev–Trinajstić information content (AvgIpc) is 2.61. The molecular formula is C20H26N2O. The van der Waals surface area contributed by atoms with E-state index in [1.807, 2.05) is 12.1 Å². The first-order valence-electron chi connectivity index (χ1n) is 8.61. The second-order valence-electron chi connectivity index (χ2n) is 6.29. The van der Waals surface area contributed by atoms with Gasteiger partial charge >= 0.3 is 0 Å². The van der Waals surface area contributed by atoms with Crippen LogP contribution in [0.1, 0.15) is 18.4 Å². The number of benzene rings is 2. The first-order valence-corrected chi connectivity index (χ1v) is 8.61. The molecule has 0 bridgehead atoms. The van der Waals surface area contributed by atoms with Gasteiger partial charge in [-0.15, -0.1) is 0 Å². The van der Waals surface area contributed by atoms with Gasteiger partial charge in [0.15, 0.2) is 0 Å². The third-order valence-electron chi connectivity index (χ3n) is 4.62. The zero-order valence-corrected chi connectivity index (χ0v) is 13.7. The van der Waals surface area contributed by atoms with Crippen LogP contribution in [0, 0.1) is 0 Å². The predicted molar refractivity (Wildman–Crippen MR) is 96.1 cm³/mol. The molecule has 1 N–H and O–H groups in total. The van der Waals surface area contributed by atoms with E-state index in [0.717, 1.165) is 26.2 Å². The lowest BCUT2D eigenvalue weighted by Gasteiger charge is -2.36. The molecule has 0 unspecified atom stereocenters. The molecule has 122 valence electrons. The van der Waals surface area contributed by atoms with Crippen molar-refractivity contribution in [2.75, 3.05) is 37.6 Å². The van der Waals surface area contributed by atoms with Crippen LogP contribution in [0.25, 0.3) is 0 Å². The number of aromatic hydroxyl groups is 1. The normalized spacial score (nSPS) is 15.7. The fourth-order valence-electron chi connectivity index (χ4n) is 3.20. The maximum Gasteiger partial charge on any atom is 0.115 e. The van der Waals surface area contributed by atoms with Crippen molar-refractivity contribution in [1.29, 1.82) is 0 Å². The SMILES string of the molecule is Oc1ccc(N2CCN(CCCCc3ccccc3)CC2)cc1. The van der Waals surface area contributed by atoms with Gasteiger partial charge in [0, 0.05) is 31.9 Å². The Bertz CT molecular complexity index is 574. The lowest BCUT2D eigenvalue weighted by Crippen LogP contribution is -2.46. The van der Waals surface area contributed by atoms with Gasteiger partial charge in [0.1, 0.15) is 5.75 Å². The highest BCUT2D eigenvalue weighted by Crippen LogP contribution is 2.20. The summed E-state index contributed by atoms with van der Waals surface area (Å²) in [4.78, 5) is 4.97. The van der Waals surface area contributed by atoms with Gasteiger partial charge in [-0.2, -0.15) is 0 Å². The van der Waals surface area contributed by atoms with E-state index in [2.05, 4.69) is 40.1 Å². The molecule has 0 amide bonds. The zero-order chi connectivity index (χ0) is 15.9. The van der Waals surface area contributed by atoms with Gasteiger partial charge < -0.3 is 10.0 Å². The van der Waals surface area contributed by atoms with Crippen LogP contribution in [0.2, 0.25) is 0 Å². The van der Waals surface area contributed by atoms with Crippen molar-refractivity contribution >= 4 is 5.69 Å². The lowest BCUT2D eigenvalue weighted by atomic mass is 10.1. The summed E-state index contributed by atoms with van der Waals surface area (Å²) in [6.07, 6.45) is 3.73. The van der Waals surface area contributed by atoms with Gasteiger partial charge in [-0.25, -0.2) is 0 Å². The Morgan fingerprint density at radius 3 is 2.17 bits per heavy atom. The minimum atomic E-state index is 0.339. The third-order valence-corrected chi connectivity index (χ3v) is 4.62. The van der Waals surface area contributed by atoms with Gasteiger partial charge in [0.2, 0.25) is 0 Å². The van der Waals surface area contributed by atoms with Crippen molar-refractivity contribution in [1.82, 2.24) is 4.90 Å². The van der Waals surface area contributed by atoms with Gasteiger partial charge in [0.25, 0.3) is 0 Å². The average molecular weight is 310 g/mol. The quantitative estimate of drug-likeness (QED) is 0.827. The second-order valence-corrected chi connectivity index (χ2v) is 6.29. The van der Waals surface area contributed by atoms with Crippen molar-refractivity contribution in [2.45, 2.75) is 19.3 Å². The molecule has 0 atom stereocenters. The molecule has 1 fully saturated rings.